The van der Waals surface area contributed by atoms with Crippen LogP contribution < -0.4 is 20.7 Å². The summed E-state index contributed by atoms with van der Waals surface area (Å²) in [5.74, 6) is -4.85. The lowest BCUT2D eigenvalue weighted by molar-refractivity contribution is -0.133. The van der Waals surface area contributed by atoms with E-state index in [1.807, 2.05) is 0 Å². The number of ether oxygens (including phenoxy) is 1. The number of benzene rings is 2. The third-order valence-electron chi connectivity index (χ3n) is 6.86. The maximum Gasteiger partial charge on any atom is 0.323 e. The van der Waals surface area contributed by atoms with Crippen molar-refractivity contribution in [2.45, 2.75) is 12.8 Å². The Labute approximate surface area is 226 Å². The van der Waals surface area contributed by atoms with Crippen LogP contribution in [0.1, 0.15) is 12.8 Å². The Morgan fingerprint density at radius 2 is 1.77 bits per heavy atom. The van der Waals surface area contributed by atoms with Gasteiger partial charge in [0.05, 0.1) is 5.69 Å². The number of anilines is 3. The minimum Gasteiger partial charge on any atom is -0.454 e. The van der Waals surface area contributed by atoms with E-state index in [1.54, 1.807) is 0 Å². The van der Waals surface area contributed by atoms with Crippen molar-refractivity contribution in [1.29, 1.82) is 0 Å². The normalized spacial score (nSPS) is 15.7. The number of amides is 4. The number of halogens is 3. The third kappa shape index (κ3) is 5.15. The summed E-state index contributed by atoms with van der Waals surface area (Å²) in [6.07, 6.45) is 1.59. The van der Waals surface area contributed by atoms with E-state index in [1.165, 1.54) is 35.4 Å². The van der Waals surface area contributed by atoms with E-state index in [4.69, 9.17) is 15.6 Å². The monoisotopic (exact) mass is 555 g/mol. The number of aromatic nitrogens is 1. The molecular weight excluding hydrogens is 531 g/mol. The fraction of sp³-hybridized carbons (Fsp3) is 0.259. The summed E-state index contributed by atoms with van der Waals surface area (Å²) in [6, 6.07) is 8.17. The van der Waals surface area contributed by atoms with Crippen molar-refractivity contribution >= 4 is 35.0 Å². The molecular formula is C27H24F3N5O5. The lowest BCUT2D eigenvalue weighted by Gasteiger charge is -2.37. The first kappa shape index (κ1) is 26.9. The van der Waals surface area contributed by atoms with Crippen LogP contribution in [0.25, 0.3) is 0 Å². The molecule has 2 heterocycles. The van der Waals surface area contributed by atoms with Gasteiger partial charge < -0.3 is 20.5 Å². The predicted molar refractivity (Wildman–Crippen MR) is 136 cm³/mol. The average molecular weight is 556 g/mol. The maximum absolute atomic E-state index is 15.4. The number of urea groups is 1. The van der Waals surface area contributed by atoms with Crippen molar-refractivity contribution in [3.05, 3.63) is 72.2 Å². The summed E-state index contributed by atoms with van der Waals surface area (Å²) in [5, 5.41) is 11.7. The summed E-state index contributed by atoms with van der Waals surface area (Å²) >= 11 is 0. The molecule has 1 aliphatic heterocycles. The molecule has 0 radical (unpaired) electrons. The zero-order chi connectivity index (χ0) is 28.6. The number of aliphatic hydroxyl groups is 1. The summed E-state index contributed by atoms with van der Waals surface area (Å²) in [6.45, 7) is 0.773. The molecule has 208 valence electrons. The highest BCUT2D eigenvalue weighted by molar-refractivity contribution is 6.16. The van der Waals surface area contributed by atoms with Gasteiger partial charge in [0.1, 0.15) is 22.8 Å². The fourth-order valence-electron chi connectivity index (χ4n) is 4.34. The largest absolute Gasteiger partial charge is 0.454 e. The Morgan fingerprint density at radius 1 is 1.07 bits per heavy atom. The molecule has 13 heteroatoms. The minimum absolute atomic E-state index is 0.00734. The molecule has 2 aliphatic rings. The van der Waals surface area contributed by atoms with Gasteiger partial charge in [0.2, 0.25) is 11.8 Å². The molecule has 1 aliphatic carbocycles. The lowest BCUT2D eigenvalue weighted by Crippen LogP contribution is -2.52. The molecule has 5 rings (SSSR count). The van der Waals surface area contributed by atoms with Gasteiger partial charge in [-0.25, -0.2) is 22.9 Å². The van der Waals surface area contributed by atoms with Crippen molar-refractivity contribution in [2.75, 3.05) is 29.9 Å². The van der Waals surface area contributed by atoms with Crippen LogP contribution in [0, 0.1) is 28.8 Å². The molecule has 2 fully saturated rings. The first-order valence-electron chi connectivity index (χ1n) is 12.3. The van der Waals surface area contributed by atoms with Crippen LogP contribution in [0.5, 0.6) is 11.5 Å². The van der Waals surface area contributed by atoms with Gasteiger partial charge in [-0.15, -0.1) is 0 Å². The van der Waals surface area contributed by atoms with Crippen LogP contribution in [0.4, 0.5) is 35.2 Å². The molecule has 2 aromatic carbocycles. The quantitative estimate of drug-likeness (QED) is 0.363. The Balaban J connectivity index is 1.39. The molecule has 10 nitrogen and oxygen atoms in total. The van der Waals surface area contributed by atoms with E-state index < -0.39 is 52.1 Å². The predicted octanol–water partition coefficient (Wildman–Crippen LogP) is 3.68. The first-order chi connectivity index (χ1) is 19.1. The van der Waals surface area contributed by atoms with Gasteiger partial charge in [-0.05, 0) is 43.2 Å². The van der Waals surface area contributed by atoms with E-state index in [0.29, 0.717) is 13.1 Å². The summed E-state index contributed by atoms with van der Waals surface area (Å²) in [7, 11) is 0. The van der Waals surface area contributed by atoms with E-state index in [2.05, 4.69) is 10.3 Å². The number of carbonyl (C=O) groups is 3. The second-order valence-electron chi connectivity index (χ2n) is 9.66. The highest BCUT2D eigenvalue weighted by Gasteiger charge is 2.57. The van der Waals surface area contributed by atoms with Crippen molar-refractivity contribution in [2.24, 2.45) is 17.1 Å². The van der Waals surface area contributed by atoms with Crippen molar-refractivity contribution < 1.29 is 37.4 Å². The van der Waals surface area contributed by atoms with Crippen molar-refractivity contribution in [3.63, 3.8) is 0 Å². The number of nitrogens with zero attached hydrogens (tertiary/aromatic N) is 3. The number of hydrogen-bond donors (Lipinski definition) is 3. The molecule has 1 aromatic heterocycles. The van der Waals surface area contributed by atoms with E-state index in [9.17, 15) is 18.8 Å². The number of nitrogens with two attached hydrogens (primary N) is 1. The third-order valence-corrected chi connectivity index (χ3v) is 6.86. The molecule has 0 bridgehead atoms. The second kappa shape index (κ2) is 10.5. The molecule has 4 N–H and O–H groups in total. The van der Waals surface area contributed by atoms with Crippen LogP contribution in [-0.4, -0.2) is 52.5 Å². The Kier molecular flexibility index (Phi) is 7.06. The average Bonchev–Trinajstić information content (AvgIpc) is 3.70. The van der Waals surface area contributed by atoms with Crippen molar-refractivity contribution in [3.8, 4) is 11.5 Å². The Morgan fingerprint density at radius 3 is 2.40 bits per heavy atom. The van der Waals surface area contributed by atoms with E-state index in [0.717, 1.165) is 29.2 Å². The standard InChI is InChI=1S/C27H24F3N5O5/c28-16-1-3-17(4-2-16)35(25(38)27(6-7-27)24(31)37)21-10-20(30)22(11-19(21)29)40-18-5-8-32-23(9-18)33-26(39)34-12-15(13-34)14-36/h1-5,8-11,15,36H,6-7,12-14H2,(H2,31,37)(H,32,33,39). The van der Waals surface area contributed by atoms with E-state index >= 15 is 8.78 Å². The number of primary amides is 1. The van der Waals surface area contributed by atoms with Gasteiger partial charge in [-0.3, -0.25) is 19.8 Å². The topological polar surface area (TPSA) is 138 Å². The molecule has 1 saturated heterocycles. The summed E-state index contributed by atoms with van der Waals surface area (Å²) in [5.41, 5.74) is 3.35. The number of likely N-dealkylation sites (tertiary alicyclic amines) is 1. The number of carbonyl (C=O) groups excluding carboxylic acids is 3. The van der Waals surface area contributed by atoms with Gasteiger partial charge in [0, 0.05) is 55.7 Å². The maximum atomic E-state index is 15.4. The van der Waals surface area contributed by atoms with Gasteiger partial charge in [-0.1, -0.05) is 0 Å². The SMILES string of the molecule is NC(=O)C1(C(=O)N(c2ccc(F)cc2)c2cc(F)c(Oc3ccnc(NC(=O)N4CC(CO)C4)c3)cc2F)CC1. The number of hydrogen-bond acceptors (Lipinski definition) is 6. The van der Waals surface area contributed by atoms with Gasteiger partial charge >= 0.3 is 6.03 Å². The molecule has 4 amide bonds. The van der Waals surface area contributed by atoms with Gasteiger partial charge in [-0.2, -0.15) is 0 Å². The minimum atomic E-state index is -1.57. The molecule has 0 atom stereocenters. The highest BCUT2D eigenvalue weighted by Crippen LogP contribution is 2.49. The number of nitrogens with one attached hydrogen (secondary N) is 1. The van der Waals surface area contributed by atoms with Crippen molar-refractivity contribution in [1.82, 2.24) is 9.88 Å². The molecule has 0 unspecified atom stereocenters. The highest BCUT2D eigenvalue weighted by atomic mass is 19.1. The van der Waals surface area contributed by atoms with Gasteiger partial charge in [0.25, 0.3) is 0 Å². The van der Waals surface area contributed by atoms with Crippen LogP contribution in [0.2, 0.25) is 0 Å². The van der Waals surface area contributed by atoms with Crippen LogP contribution >= 0.6 is 0 Å². The molecule has 0 spiro atoms. The molecule has 1 saturated carbocycles. The number of rotatable bonds is 8. The van der Waals surface area contributed by atoms with Crippen LogP contribution in [-0.2, 0) is 9.59 Å². The Hall–Kier alpha value is -4.65. The van der Waals surface area contributed by atoms with Crippen LogP contribution in [0.15, 0.2) is 54.7 Å². The smallest absolute Gasteiger partial charge is 0.323 e. The number of pyridine rings is 1. The lowest BCUT2D eigenvalue weighted by atomic mass is 10.0. The zero-order valence-corrected chi connectivity index (χ0v) is 20.9. The summed E-state index contributed by atoms with van der Waals surface area (Å²) in [4.78, 5) is 44.0. The summed E-state index contributed by atoms with van der Waals surface area (Å²) < 4.78 is 49.7. The number of aliphatic hydroxyl groups excluding tert-OH is 1. The van der Waals surface area contributed by atoms with E-state index in [-0.39, 0.29) is 42.6 Å². The zero-order valence-electron chi connectivity index (χ0n) is 20.9. The molecule has 3 aromatic rings. The second-order valence-corrected chi connectivity index (χ2v) is 9.66. The fourth-order valence-corrected chi connectivity index (χ4v) is 4.34. The molecule has 40 heavy (non-hydrogen) atoms. The first-order valence-corrected chi connectivity index (χ1v) is 12.3. The van der Waals surface area contributed by atoms with Crippen LogP contribution in [0.3, 0.4) is 0 Å². The Bertz CT molecular complexity index is 1480. The van der Waals surface area contributed by atoms with Gasteiger partial charge in [0.15, 0.2) is 17.4 Å².